The molecule has 0 aliphatic heterocycles. The van der Waals surface area contributed by atoms with Crippen molar-refractivity contribution in [2.75, 3.05) is 6.54 Å². The Morgan fingerprint density at radius 1 is 0.875 bits per heavy atom. The number of aliphatic hydroxyl groups excluding tert-OH is 1. The predicted octanol–water partition coefficient (Wildman–Crippen LogP) is -0.935. The van der Waals surface area contributed by atoms with E-state index in [4.69, 9.17) is 11.5 Å². The Balaban J connectivity index is 5.45. The van der Waals surface area contributed by atoms with Gasteiger partial charge in [0.1, 0.15) is 18.1 Å². The Hall–Kier alpha value is -2.24. The van der Waals surface area contributed by atoms with Crippen molar-refractivity contribution in [1.82, 2.24) is 16.0 Å². The fourth-order valence-electron chi connectivity index (χ4n) is 2.96. The highest BCUT2D eigenvalue weighted by Crippen LogP contribution is 2.09. The molecule has 0 aromatic heterocycles. The molecule has 0 aliphatic carbocycles. The molecule has 11 heteroatoms. The number of hydrogen-bond donors (Lipinski definition) is 7. The summed E-state index contributed by atoms with van der Waals surface area (Å²) < 4.78 is 0. The molecule has 0 aromatic rings. The highest BCUT2D eigenvalue weighted by atomic mass is 16.4. The first kappa shape index (κ1) is 29.8. The van der Waals surface area contributed by atoms with Crippen LogP contribution in [0.25, 0.3) is 0 Å². The lowest BCUT2D eigenvalue weighted by Crippen LogP contribution is -2.60. The fraction of sp³-hybridized carbons (Fsp3) is 0.810. The number of unbranched alkanes of at least 4 members (excludes halogenated alkanes) is 1. The summed E-state index contributed by atoms with van der Waals surface area (Å²) in [4.78, 5) is 49.4. The molecule has 0 saturated heterocycles. The van der Waals surface area contributed by atoms with Crippen LogP contribution >= 0.6 is 0 Å². The topological polar surface area (TPSA) is 197 Å². The quantitative estimate of drug-likeness (QED) is 0.152. The van der Waals surface area contributed by atoms with Crippen molar-refractivity contribution >= 4 is 23.7 Å². The summed E-state index contributed by atoms with van der Waals surface area (Å²) in [5.41, 5.74) is 11.5. The number of amides is 3. The number of carboxylic acid groups (broad SMARTS) is 1. The van der Waals surface area contributed by atoms with E-state index in [1.807, 2.05) is 13.8 Å². The van der Waals surface area contributed by atoms with Crippen LogP contribution in [0.1, 0.15) is 60.3 Å². The van der Waals surface area contributed by atoms with Crippen molar-refractivity contribution in [3.8, 4) is 0 Å². The molecule has 0 spiro atoms. The van der Waals surface area contributed by atoms with Gasteiger partial charge in [-0.3, -0.25) is 14.4 Å². The minimum Gasteiger partial charge on any atom is -0.480 e. The van der Waals surface area contributed by atoms with Crippen LogP contribution in [0.2, 0.25) is 0 Å². The second-order valence-corrected chi connectivity index (χ2v) is 8.55. The third-order valence-corrected chi connectivity index (χ3v) is 5.43. The van der Waals surface area contributed by atoms with Gasteiger partial charge < -0.3 is 37.6 Å². The van der Waals surface area contributed by atoms with Crippen LogP contribution in [-0.2, 0) is 19.2 Å². The zero-order valence-electron chi connectivity index (χ0n) is 19.8. The van der Waals surface area contributed by atoms with Crippen LogP contribution in [0, 0.1) is 11.8 Å². The van der Waals surface area contributed by atoms with Crippen LogP contribution in [0.5, 0.6) is 0 Å². The minimum atomic E-state index is -1.40. The lowest BCUT2D eigenvalue weighted by atomic mass is 9.98. The second kappa shape index (κ2) is 14.8. The molecule has 0 heterocycles. The molecule has 32 heavy (non-hydrogen) atoms. The van der Waals surface area contributed by atoms with E-state index in [-0.39, 0.29) is 12.3 Å². The van der Waals surface area contributed by atoms with Crippen molar-refractivity contribution < 1.29 is 29.4 Å². The molecule has 0 bridgehead atoms. The van der Waals surface area contributed by atoms with Gasteiger partial charge in [-0.2, -0.15) is 0 Å². The second-order valence-electron chi connectivity index (χ2n) is 8.55. The molecule has 3 amide bonds. The molecule has 0 radical (unpaired) electrons. The minimum absolute atomic E-state index is 0.0947. The van der Waals surface area contributed by atoms with Crippen molar-refractivity contribution in [1.29, 1.82) is 0 Å². The van der Waals surface area contributed by atoms with Crippen molar-refractivity contribution in [2.24, 2.45) is 23.3 Å². The average molecular weight is 460 g/mol. The van der Waals surface area contributed by atoms with E-state index >= 15 is 0 Å². The Morgan fingerprint density at radius 2 is 1.44 bits per heavy atom. The predicted molar refractivity (Wildman–Crippen MR) is 120 cm³/mol. The van der Waals surface area contributed by atoms with Gasteiger partial charge in [0, 0.05) is 0 Å². The van der Waals surface area contributed by atoms with E-state index < -0.39 is 59.9 Å². The molecular weight excluding hydrogens is 418 g/mol. The monoisotopic (exact) mass is 459 g/mol. The van der Waals surface area contributed by atoms with Gasteiger partial charge in [-0.15, -0.1) is 0 Å². The molecule has 6 unspecified atom stereocenters. The average Bonchev–Trinajstić information content (AvgIpc) is 2.72. The highest BCUT2D eigenvalue weighted by Gasteiger charge is 2.33. The van der Waals surface area contributed by atoms with Gasteiger partial charge in [0.2, 0.25) is 17.7 Å². The van der Waals surface area contributed by atoms with Gasteiger partial charge in [-0.25, -0.2) is 4.79 Å². The van der Waals surface area contributed by atoms with Gasteiger partial charge in [0.25, 0.3) is 0 Å². The number of carboxylic acids is 1. The number of aliphatic carboxylic acids is 1. The summed E-state index contributed by atoms with van der Waals surface area (Å²) in [5, 5.41) is 26.7. The molecule has 0 rings (SSSR count). The Kier molecular flexibility index (Phi) is 13.7. The first-order valence-electron chi connectivity index (χ1n) is 11.1. The van der Waals surface area contributed by atoms with Crippen molar-refractivity contribution in [3.05, 3.63) is 0 Å². The van der Waals surface area contributed by atoms with E-state index in [0.29, 0.717) is 25.8 Å². The van der Waals surface area contributed by atoms with Gasteiger partial charge in [-0.1, -0.05) is 34.1 Å². The maximum absolute atomic E-state index is 12.9. The van der Waals surface area contributed by atoms with Gasteiger partial charge >= 0.3 is 5.97 Å². The van der Waals surface area contributed by atoms with Crippen LogP contribution in [0.4, 0.5) is 0 Å². The summed E-state index contributed by atoms with van der Waals surface area (Å²) in [5.74, 6) is -3.73. The zero-order chi connectivity index (χ0) is 25.0. The van der Waals surface area contributed by atoms with E-state index in [0.717, 1.165) is 0 Å². The smallest absolute Gasteiger partial charge is 0.326 e. The first-order chi connectivity index (χ1) is 14.9. The van der Waals surface area contributed by atoms with Crippen LogP contribution < -0.4 is 27.4 Å². The number of carbonyl (C=O) groups is 4. The van der Waals surface area contributed by atoms with Crippen molar-refractivity contribution in [3.63, 3.8) is 0 Å². The number of carbonyl (C=O) groups excluding carboxylic acids is 3. The Labute approximate surface area is 190 Å². The largest absolute Gasteiger partial charge is 0.480 e. The molecule has 0 aliphatic rings. The van der Waals surface area contributed by atoms with Crippen LogP contribution in [0.3, 0.4) is 0 Å². The summed E-state index contributed by atoms with van der Waals surface area (Å²) in [6.07, 6.45) is 0.825. The summed E-state index contributed by atoms with van der Waals surface area (Å²) in [7, 11) is 0. The third-order valence-electron chi connectivity index (χ3n) is 5.43. The number of nitrogens with one attached hydrogen (secondary N) is 3. The fourth-order valence-corrected chi connectivity index (χ4v) is 2.96. The maximum Gasteiger partial charge on any atom is 0.326 e. The Morgan fingerprint density at radius 3 is 1.88 bits per heavy atom. The zero-order valence-corrected chi connectivity index (χ0v) is 19.8. The van der Waals surface area contributed by atoms with E-state index in [1.165, 1.54) is 6.92 Å². The summed E-state index contributed by atoms with van der Waals surface area (Å²) >= 11 is 0. The molecule has 0 saturated carbocycles. The van der Waals surface area contributed by atoms with Gasteiger partial charge in [0.15, 0.2) is 0 Å². The molecule has 11 nitrogen and oxygen atoms in total. The van der Waals surface area contributed by atoms with Crippen LogP contribution in [0.15, 0.2) is 0 Å². The summed E-state index contributed by atoms with van der Waals surface area (Å²) in [6, 6.07) is -4.38. The summed E-state index contributed by atoms with van der Waals surface area (Å²) in [6.45, 7) is 8.69. The lowest BCUT2D eigenvalue weighted by molar-refractivity contribution is -0.144. The maximum atomic E-state index is 12.9. The molecule has 6 atom stereocenters. The third kappa shape index (κ3) is 9.92. The standard InChI is InChI=1S/C21H41N5O6/c1-6-12(4)15(23)19(29)24-14(9-7-8-10-22)18(28)26-17(13(5)27)20(30)25-16(11(2)3)21(31)32/h11-17,27H,6-10,22-23H2,1-5H3,(H,24,29)(H,25,30)(H,26,28)(H,31,32). The van der Waals surface area contributed by atoms with Crippen molar-refractivity contribution in [2.45, 2.75) is 90.6 Å². The van der Waals surface area contributed by atoms with E-state index in [1.54, 1.807) is 13.8 Å². The molecule has 0 aromatic carbocycles. The molecule has 186 valence electrons. The van der Waals surface area contributed by atoms with E-state index in [9.17, 15) is 29.4 Å². The van der Waals surface area contributed by atoms with E-state index in [2.05, 4.69) is 16.0 Å². The number of aliphatic hydroxyl groups is 1. The van der Waals surface area contributed by atoms with Gasteiger partial charge in [-0.05, 0) is 44.6 Å². The normalized spacial score (nSPS) is 16.9. The van der Waals surface area contributed by atoms with Crippen LogP contribution in [-0.4, -0.2) is 70.7 Å². The Bertz CT molecular complexity index is 628. The van der Waals surface area contributed by atoms with Gasteiger partial charge in [0.05, 0.1) is 12.1 Å². The molecule has 0 fully saturated rings. The lowest BCUT2D eigenvalue weighted by Gasteiger charge is -2.27. The number of hydrogen-bond acceptors (Lipinski definition) is 7. The number of rotatable bonds is 15. The SMILES string of the molecule is CCC(C)C(N)C(=O)NC(CCCCN)C(=O)NC(C(=O)NC(C(=O)O)C(C)C)C(C)O. The molecule has 9 N–H and O–H groups in total. The first-order valence-corrected chi connectivity index (χ1v) is 11.1. The highest BCUT2D eigenvalue weighted by molar-refractivity contribution is 5.94. The number of nitrogens with two attached hydrogens (primary N) is 2. The molecular formula is C21H41N5O6.